The van der Waals surface area contributed by atoms with Crippen LogP contribution in [0.5, 0.6) is 0 Å². The summed E-state index contributed by atoms with van der Waals surface area (Å²) in [5.41, 5.74) is 9.96. The SMILES string of the molecule is Cn1nc2c(c1CN=C(N)N1CCOCC1)CCCC2. The Hall–Kier alpha value is -1.56. The fourth-order valence-electron chi connectivity index (χ4n) is 2.99. The Labute approximate surface area is 119 Å². The van der Waals surface area contributed by atoms with E-state index >= 15 is 0 Å². The van der Waals surface area contributed by atoms with E-state index in [1.807, 2.05) is 11.7 Å². The van der Waals surface area contributed by atoms with Crippen molar-refractivity contribution in [3.8, 4) is 0 Å². The number of hydrogen-bond acceptors (Lipinski definition) is 3. The molecule has 0 atom stereocenters. The van der Waals surface area contributed by atoms with Gasteiger partial charge in [-0.2, -0.15) is 5.10 Å². The zero-order valence-corrected chi connectivity index (χ0v) is 12.1. The predicted molar refractivity (Wildman–Crippen MR) is 77.6 cm³/mol. The molecule has 0 unspecified atom stereocenters. The van der Waals surface area contributed by atoms with Crippen LogP contribution in [0, 0.1) is 0 Å². The molecule has 1 aliphatic carbocycles. The molecule has 6 nitrogen and oxygen atoms in total. The fraction of sp³-hybridized carbons (Fsp3) is 0.714. The lowest BCUT2D eigenvalue weighted by molar-refractivity contribution is 0.0674. The summed E-state index contributed by atoms with van der Waals surface area (Å²) >= 11 is 0. The van der Waals surface area contributed by atoms with E-state index in [1.54, 1.807) is 0 Å². The number of aliphatic imine (C=N–C) groups is 1. The van der Waals surface area contributed by atoms with Crippen LogP contribution in [0.25, 0.3) is 0 Å². The largest absolute Gasteiger partial charge is 0.378 e. The second-order valence-electron chi connectivity index (χ2n) is 5.48. The van der Waals surface area contributed by atoms with Crippen LogP contribution in [0.2, 0.25) is 0 Å². The molecule has 1 aromatic heterocycles. The summed E-state index contributed by atoms with van der Waals surface area (Å²) in [5, 5.41) is 4.61. The van der Waals surface area contributed by atoms with Crippen molar-refractivity contribution < 1.29 is 4.74 Å². The summed E-state index contributed by atoms with van der Waals surface area (Å²) < 4.78 is 7.31. The number of guanidine groups is 1. The van der Waals surface area contributed by atoms with E-state index < -0.39 is 0 Å². The van der Waals surface area contributed by atoms with Crippen molar-refractivity contribution in [2.75, 3.05) is 26.3 Å². The molecular weight excluding hydrogens is 254 g/mol. The lowest BCUT2D eigenvalue weighted by Crippen LogP contribution is -2.44. The van der Waals surface area contributed by atoms with E-state index in [0.29, 0.717) is 12.5 Å². The molecule has 1 saturated heterocycles. The molecule has 1 aliphatic heterocycles. The number of aryl methyl sites for hydroxylation is 2. The van der Waals surface area contributed by atoms with Gasteiger partial charge in [0.2, 0.25) is 0 Å². The van der Waals surface area contributed by atoms with Crippen molar-refractivity contribution in [2.45, 2.75) is 32.2 Å². The third-order valence-corrected chi connectivity index (χ3v) is 4.17. The van der Waals surface area contributed by atoms with Crippen LogP contribution in [-0.4, -0.2) is 46.9 Å². The Morgan fingerprint density at radius 1 is 1.30 bits per heavy atom. The van der Waals surface area contributed by atoms with Gasteiger partial charge in [0, 0.05) is 20.1 Å². The first-order valence-corrected chi connectivity index (χ1v) is 7.42. The van der Waals surface area contributed by atoms with Gasteiger partial charge in [-0.25, -0.2) is 4.99 Å². The van der Waals surface area contributed by atoms with Crippen LogP contribution in [0.3, 0.4) is 0 Å². The van der Waals surface area contributed by atoms with Gasteiger partial charge in [-0.05, 0) is 31.2 Å². The zero-order chi connectivity index (χ0) is 13.9. The van der Waals surface area contributed by atoms with Crippen LogP contribution >= 0.6 is 0 Å². The van der Waals surface area contributed by atoms with E-state index in [1.165, 1.54) is 29.8 Å². The second-order valence-corrected chi connectivity index (χ2v) is 5.48. The standard InChI is InChI=1S/C14H23N5O/c1-18-13(11-4-2-3-5-12(11)17-18)10-16-14(15)19-6-8-20-9-7-19/h2-10H2,1H3,(H2,15,16). The summed E-state index contributed by atoms with van der Waals surface area (Å²) in [6, 6.07) is 0. The van der Waals surface area contributed by atoms with Gasteiger partial charge in [-0.15, -0.1) is 0 Å². The Morgan fingerprint density at radius 2 is 2.05 bits per heavy atom. The molecule has 2 N–H and O–H groups in total. The number of nitrogens with two attached hydrogens (primary N) is 1. The first kappa shape index (κ1) is 13.4. The average Bonchev–Trinajstić information content (AvgIpc) is 2.81. The summed E-state index contributed by atoms with van der Waals surface area (Å²) in [4.78, 5) is 6.65. The summed E-state index contributed by atoms with van der Waals surface area (Å²) in [6.07, 6.45) is 4.74. The first-order chi connectivity index (χ1) is 9.75. The van der Waals surface area contributed by atoms with Crippen LogP contribution < -0.4 is 5.73 Å². The molecule has 1 aromatic rings. The molecule has 110 valence electrons. The van der Waals surface area contributed by atoms with E-state index in [0.717, 1.165) is 39.1 Å². The molecule has 0 radical (unpaired) electrons. The third kappa shape index (κ3) is 2.65. The van der Waals surface area contributed by atoms with Crippen molar-refractivity contribution in [1.82, 2.24) is 14.7 Å². The topological polar surface area (TPSA) is 68.7 Å². The van der Waals surface area contributed by atoms with Crippen molar-refractivity contribution in [3.63, 3.8) is 0 Å². The first-order valence-electron chi connectivity index (χ1n) is 7.42. The van der Waals surface area contributed by atoms with Gasteiger partial charge in [-0.1, -0.05) is 0 Å². The average molecular weight is 277 g/mol. The maximum atomic E-state index is 6.08. The third-order valence-electron chi connectivity index (χ3n) is 4.17. The molecule has 0 saturated carbocycles. The Morgan fingerprint density at radius 3 is 2.85 bits per heavy atom. The number of morpholine rings is 1. The predicted octanol–water partition coefficient (Wildman–Crippen LogP) is 0.446. The number of fused-ring (bicyclic) bond motifs is 1. The highest BCUT2D eigenvalue weighted by molar-refractivity contribution is 5.78. The number of hydrogen-bond donors (Lipinski definition) is 1. The maximum Gasteiger partial charge on any atom is 0.191 e. The van der Waals surface area contributed by atoms with E-state index in [4.69, 9.17) is 10.5 Å². The molecule has 1 fully saturated rings. The normalized spacial score (nSPS) is 20.1. The molecule has 0 bridgehead atoms. The highest BCUT2D eigenvalue weighted by Gasteiger charge is 2.19. The molecule has 0 amide bonds. The van der Waals surface area contributed by atoms with E-state index in [9.17, 15) is 0 Å². The van der Waals surface area contributed by atoms with E-state index in [2.05, 4.69) is 15.0 Å². The summed E-state index contributed by atoms with van der Waals surface area (Å²) in [6.45, 7) is 3.76. The molecule has 20 heavy (non-hydrogen) atoms. The lowest BCUT2D eigenvalue weighted by atomic mass is 9.96. The maximum absolute atomic E-state index is 6.08. The van der Waals surface area contributed by atoms with Crippen LogP contribution in [0.15, 0.2) is 4.99 Å². The van der Waals surface area contributed by atoms with Crippen molar-refractivity contribution in [2.24, 2.45) is 17.8 Å². The minimum atomic E-state index is 0.624. The van der Waals surface area contributed by atoms with E-state index in [-0.39, 0.29) is 0 Å². The van der Waals surface area contributed by atoms with Crippen molar-refractivity contribution in [3.05, 3.63) is 17.0 Å². The van der Waals surface area contributed by atoms with Crippen molar-refractivity contribution >= 4 is 5.96 Å². The number of nitrogens with zero attached hydrogens (tertiary/aromatic N) is 4. The highest BCUT2D eigenvalue weighted by atomic mass is 16.5. The molecule has 6 heteroatoms. The van der Waals surface area contributed by atoms with Crippen LogP contribution in [0.1, 0.15) is 29.8 Å². The summed E-state index contributed by atoms with van der Waals surface area (Å²) in [5.74, 6) is 0.624. The molecule has 0 spiro atoms. The Kier molecular flexibility index (Phi) is 3.91. The van der Waals surface area contributed by atoms with Crippen LogP contribution in [-0.2, 0) is 31.2 Å². The smallest absolute Gasteiger partial charge is 0.191 e. The van der Waals surface area contributed by atoms with Gasteiger partial charge < -0.3 is 15.4 Å². The molecular formula is C14H23N5O. The number of rotatable bonds is 2. The van der Waals surface area contributed by atoms with Gasteiger partial charge in [-0.3, -0.25) is 4.68 Å². The van der Waals surface area contributed by atoms with Gasteiger partial charge in [0.05, 0.1) is 31.1 Å². The van der Waals surface area contributed by atoms with Gasteiger partial charge in [0.15, 0.2) is 5.96 Å². The summed E-state index contributed by atoms with van der Waals surface area (Å²) in [7, 11) is 2.01. The van der Waals surface area contributed by atoms with Crippen molar-refractivity contribution in [1.29, 1.82) is 0 Å². The second kappa shape index (κ2) is 5.83. The van der Waals surface area contributed by atoms with Gasteiger partial charge >= 0.3 is 0 Å². The van der Waals surface area contributed by atoms with Gasteiger partial charge in [0.25, 0.3) is 0 Å². The minimum absolute atomic E-state index is 0.624. The lowest BCUT2D eigenvalue weighted by Gasteiger charge is -2.27. The molecule has 0 aromatic carbocycles. The monoisotopic (exact) mass is 277 g/mol. The number of aromatic nitrogens is 2. The molecule has 2 heterocycles. The Bertz CT molecular complexity index is 502. The minimum Gasteiger partial charge on any atom is -0.378 e. The Balaban J connectivity index is 1.72. The molecule has 2 aliphatic rings. The zero-order valence-electron chi connectivity index (χ0n) is 12.1. The quantitative estimate of drug-likeness (QED) is 0.629. The molecule has 3 rings (SSSR count). The fourth-order valence-corrected chi connectivity index (χ4v) is 2.99. The van der Waals surface area contributed by atoms with Gasteiger partial charge in [0.1, 0.15) is 0 Å². The van der Waals surface area contributed by atoms with Crippen LogP contribution in [0.4, 0.5) is 0 Å². The highest BCUT2D eigenvalue weighted by Crippen LogP contribution is 2.24. The number of ether oxygens (including phenoxy) is 1.